The van der Waals surface area contributed by atoms with Gasteiger partial charge in [-0.05, 0) is 31.1 Å². The zero-order valence-electron chi connectivity index (χ0n) is 19.5. The average Bonchev–Trinajstić information content (AvgIpc) is 3.27. The van der Waals surface area contributed by atoms with Crippen LogP contribution in [0.5, 0.6) is 5.75 Å². The van der Waals surface area contributed by atoms with Crippen LogP contribution in [0.3, 0.4) is 0 Å². The highest BCUT2D eigenvalue weighted by Crippen LogP contribution is 2.37. The molecular formula is C26H26N2O6S. The third kappa shape index (κ3) is 6.77. The molecule has 0 aliphatic heterocycles. The highest BCUT2D eigenvalue weighted by atomic mass is 32.1. The molecule has 182 valence electrons. The fourth-order valence-electron chi connectivity index (χ4n) is 3.25. The van der Waals surface area contributed by atoms with E-state index >= 15 is 0 Å². The van der Waals surface area contributed by atoms with Crippen LogP contribution in [-0.2, 0) is 9.53 Å². The predicted octanol–water partition coefficient (Wildman–Crippen LogP) is 6.33. The number of hydrogen-bond acceptors (Lipinski definition) is 7. The van der Waals surface area contributed by atoms with E-state index in [4.69, 9.17) is 9.47 Å². The van der Waals surface area contributed by atoms with E-state index in [0.29, 0.717) is 28.5 Å². The Kier molecular flexibility index (Phi) is 9.14. The Morgan fingerprint density at radius 2 is 1.94 bits per heavy atom. The second kappa shape index (κ2) is 12.5. The maximum atomic E-state index is 12.7. The lowest BCUT2D eigenvalue weighted by Crippen LogP contribution is -2.12. The number of benzene rings is 2. The monoisotopic (exact) mass is 494 g/mol. The zero-order chi connectivity index (χ0) is 25.2. The van der Waals surface area contributed by atoms with Crippen molar-refractivity contribution < 1.29 is 24.0 Å². The largest absolute Gasteiger partial charge is 0.493 e. The topological polar surface area (TPSA) is 108 Å². The van der Waals surface area contributed by atoms with E-state index in [1.165, 1.54) is 18.2 Å². The van der Waals surface area contributed by atoms with Gasteiger partial charge in [-0.2, -0.15) is 0 Å². The number of carbonyl (C=O) groups is 2. The van der Waals surface area contributed by atoms with Crippen LogP contribution in [0, 0.1) is 10.1 Å². The van der Waals surface area contributed by atoms with Crippen molar-refractivity contribution in [2.75, 3.05) is 18.5 Å². The summed E-state index contributed by atoms with van der Waals surface area (Å²) in [5.74, 6) is -0.378. The molecule has 0 radical (unpaired) electrons. The maximum absolute atomic E-state index is 12.7. The van der Waals surface area contributed by atoms with E-state index < -0.39 is 16.8 Å². The molecule has 0 fully saturated rings. The van der Waals surface area contributed by atoms with Crippen LogP contribution in [0.15, 0.2) is 60.0 Å². The van der Waals surface area contributed by atoms with Crippen molar-refractivity contribution in [3.63, 3.8) is 0 Å². The lowest BCUT2D eigenvalue weighted by atomic mass is 10.0. The van der Waals surface area contributed by atoms with E-state index in [0.717, 1.165) is 29.7 Å². The second-order valence-corrected chi connectivity index (χ2v) is 8.32. The van der Waals surface area contributed by atoms with Crippen LogP contribution in [0.4, 0.5) is 10.7 Å². The Hall–Kier alpha value is -3.98. The van der Waals surface area contributed by atoms with Crippen molar-refractivity contribution in [3.05, 3.63) is 81.2 Å². The summed E-state index contributed by atoms with van der Waals surface area (Å²) in [6.45, 7) is 4.49. The summed E-state index contributed by atoms with van der Waals surface area (Å²) in [6, 6.07) is 13.4. The minimum Gasteiger partial charge on any atom is -0.493 e. The van der Waals surface area contributed by atoms with Gasteiger partial charge >= 0.3 is 5.97 Å². The molecule has 0 saturated carbocycles. The van der Waals surface area contributed by atoms with Gasteiger partial charge in [0.05, 0.1) is 18.1 Å². The number of unbranched alkanes of at least 4 members (excludes halogenated alkanes) is 1. The molecule has 1 heterocycles. The highest BCUT2D eigenvalue weighted by Gasteiger charge is 2.23. The first-order valence-electron chi connectivity index (χ1n) is 11.2. The quantitative estimate of drug-likeness (QED) is 0.110. The number of amides is 1. The van der Waals surface area contributed by atoms with Gasteiger partial charge < -0.3 is 14.8 Å². The molecule has 3 rings (SSSR count). The van der Waals surface area contributed by atoms with E-state index in [2.05, 4.69) is 12.2 Å². The predicted molar refractivity (Wildman–Crippen MR) is 137 cm³/mol. The SMILES string of the molecule is CCCCOc1ccccc1/C=C/C(=O)Nc1scc(-c2cccc([N+](=O)[O-])c2)c1C(=O)OCC. The minimum atomic E-state index is -0.621. The lowest BCUT2D eigenvalue weighted by molar-refractivity contribution is -0.384. The molecule has 0 spiro atoms. The van der Waals surface area contributed by atoms with E-state index in [-0.39, 0.29) is 17.9 Å². The van der Waals surface area contributed by atoms with Crippen molar-refractivity contribution in [1.82, 2.24) is 0 Å². The van der Waals surface area contributed by atoms with Gasteiger partial charge in [0.1, 0.15) is 16.3 Å². The first-order chi connectivity index (χ1) is 16.9. The number of para-hydroxylation sites is 1. The molecule has 0 bridgehead atoms. The molecule has 1 amide bonds. The number of nitro benzene ring substituents is 1. The Labute approximate surface area is 207 Å². The fourth-order valence-corrected chi connectivity index (χ4v) is 4.21. The van der Waals surface area contributed by atoms with Gasteiger partial charge in [0.2, 0.25) is 5.91 Å². The number of ether oxygens (including phenoxy) is 2. The van der Waals surface area contributed by atoms with Gasteiger partial charge in [-0.3, -0.25) is 14.9 Å². The standard InChI is InChI=1S/C26H26N2O6S/c1-3-5-15-34-22-12-7-6-9-18(22)13-14-23(29)27-25-24(26(30)33-4-2)21(17-35-25)19-10-8-11-20(16-19)28(31)32/h6-14,16-17H,3-5,15H2,1-2H3,(H,27,29)/b14-13+. The molecule has 1 N–H and O–H groups in total. The van der Waals surface area contributed by atoms with E-state index in [9.17, 15) is 19.7 Å². The van der Waals surface area contributed by atoms with Gasteiger partial charge in [0.25, 0.3) is 5.69 Å². The summed E-state index contributed by atoms with van der Waals surface area (Å²) in [4.78, 5) is 36.1. The van der Waals surface area contributed by atoms with Gasteiger partial charge in [-0.25, -0.2) is 4.79 Å². The van der Waals surface area contributed by atoms with Crippen molar-refractivity contribution in [3.8, 4) is 16.9 Å². The minimum absolute atomic E-state index is 0.100. The van der Waals surface area contributed by atoms with E-state index in [1.54, 1.807) is 30.5 Å². The van der Waals surface area contributed by atoms with Gasteiger partial charge in [-0.1, -0.05) is 43.7 Å². The summed E-state index contributed by atoms with van der Waals surface area (Å²) in [5.41, 5.74) is 1.74. The number of esters is 1. The van der Waals surface area contributed by atoms with Crippen LogP contribution in [-0.4, -0.2) is 30.0 Å². The number of nitrogens with zero attached hydrogens (tertiary/aromatic N) is 1. The molecule has 1 aromatic heterocycles. The van der Waals surface area contributed by atoms with Gasteiger partial charge in [0.15, 0.2) is 0 Å². The summed E-state index contributed by atoms with van der Waals surface area (Å²) >= 11 is 1.14. The summed E-state index contributed by atoms with van der Waals surface area (Å²) in [7, 11) is 0. The summed E-state index contributed by atoms with van der Waals surface area (Å²) in [5, 5.41) is 15.9. The number of thiophene rings is 1. The molecule has 3 aromatic rings. The van der Waals surface area contributed by atoms with Crippen LogP contribution >= 0.6 is 11.3 Å². The molecule has 0 saturated heterocycles. The molecule has 0 aliphatic rings. The highest BCUT2D eigenvalue weighted by molar-refractivity contribution is 7.15. The normalized spacial score (nSPS) is 10.8. The number of non-ortho nitro benzene ring substituents is 1. The number of hydrogen-bond donors (Lipinski definition) is 1. The smallest absolute Gasteiger partial charge is 0.341 e. The van der Waals surface area contributed by atoms with Crippen molar-refractivity contribution >= 4 is 40.0 Å². The Bertz CT molecular complexity index is 1230. The van der Waals surface area contributed by atoms with Crippen molar-refractivity contribution in [1.29, 1.82) is 0 Å². The van der Waals surface area contributed by atoms with Gasteiger partial charge in [-0.15, -0.1) is 11.3 Å². The Morgan fingerprint density at radius 3 is 2.69 bits per heavy atom. The number of nitrogens with one attached hydrogen (secondary N) is 1. The van der Waals surface area contributed by atoms with E-state index in [1.807, 2.05) is 24.3 Å². The number of nitro groups is 1. The maximum Gasteiger partial charge on any atom is 0.341 e. The Balaban J connectivity index is 1.85. The summed E-state index contributed by atoms with van der Waals surface area (Å²) in [6.07, 6.45) is 4.96. The first kappa shape index (κ1) is 25.6. The third-order valence-corrected chi connectivity index (χ3v) is 5.86. The van der Waals surface area contributed by atoms with Crippen molar-refractivity contribution in [2.45, 2.75) is 26.7 Å². The molecule has 35 heavy (non-hydrogen) atoms. The number of carbonyl (C=O) groups excluding carboxylic acids is 2. The van der Waals surface area contributed by atoms with Crippen LogP contribution in [0.2, 0.25) is 0 Å². The van der Waals surface area contributed by atoms with Gasteiger partial charge in [0, 0.05) is 34.7 Å². The van der Waals surface area contributed by atoms with Crippen molar-refractivity contribution in [2.24, 2.45) is 0 Å². The molecule has 0 unspecified atom stereocenters. The fraction of sp³-hybridized carbons (Fsp3) is 0.231. The number of anilines is 1. The van der Waals surface area contributed by atoms with Crippen LogP contribution in [0.25, 0.3) is 17.2 Å². The molecule has 8 nitrogen and oxygen atoms in total. The van der Waals surface area contributed by atoms with Crippen LogP contribution < -0.4 is 10.1 Å². The second-order valence-electron chi connectivity index (χ2n) is 7.44. The average molecular weight is 495 g/mol. The molecule has 2 aromatic carbocycles. The first-order valence-corrected chi connectivity index (χ1v) is 12.1. The molecule has 0 atom stereocenters. The summed E-state index contributed by atoms with van der Waals surface area (Å²) < 4.78 is 11.0. The molecule has 9 heteroatoms. The lowest BCUT2D eigenvalue weighted by Gasteiger charge is -2.09. The zero-order valence-corrected chi connectivity index (χ0v) is 20.3. The molecule has 0 aliphatic carbocycles. The Morgan fingerprint density at radius 1 is 1.14 bits per heavy atom. The van der Waals surface area contributed by atoms with Crippen LogP contribution in [0.1, 0.15) is 42.6 Å². The molecular weight excluding hydrogens is 468 g/mol. The number of rotatable bonds is 11. The third-order valence-electron chi connectivity index (χ3n) is 4.96.